The molecule has 1 saturated heterocycles. The van der Waals surface area contributed by atoms with Crippen LogP contribution in [0.5, 0.6) is 0 Å². The number of ether oxygens (including phenoxy) is 2. The first-order chi connectivity index (χ1) is 7.20. The third-order valence-corrected chi connectivity index (χ3v) is 2.42. The molecule has 0 spiro atoms. The van der Waals surface area contributed by atoms with Crippen molar-refractivity contribution < 1.29 is 14.4 Å². The van der Waals surface area contributed by atoms with E-state index in [1.165, 1.54) is 6.07 Å². The molecule has 0 aliphatic carbocycles. The Hall–Kier alpha value is -1.46. The standard InChI is InChI=1S/C10H11NO4/c1-7-8(10-14-5-6-15-10)3-2-4-9(7)11(12)13/h2-4,10H,5-6H2,1H3. The molecule has 1 aromatic rings. The molecule has 1 heterocycles. The second kappa shape index (κ2) is 3.96. The summed E-state index contributed by atoms with van der Waals surface area (Å²) in [5.41, 5.74) is 1.45. The van der Waals surface area contributed by atoms with Gasteiger partial charge in [-0.2, -0.15) is 0 Å². The van der Waals surface area contributed by atoms with Crippen molar-refractivity contribution >= 4 is 5.69 Å². The summed E-state index contributed by atoms with van der Waals surface area (Å²) in [4.78, 5) is 10.3. The minimum Gasteiger partial charge on any atom is -0.346 e. The highest BCUT2D eigenvalue weighted by atomic mass is 16.7. The van der Waals surface area contributed by atoms with Gasteiger partial charge >= 0.3 is 0 Å². The summed E-state index contributed by atoms with van der Waals surface area (Å²) in [5, 5.41) is 10.7. The molecule has 1 aliphatic heterocycles. The largest absolute Gasteiger partial charge is 0.346 e. The van der Waals surface area contributed by atoms with E-state index in [1.807, 2.05) is 0 Å². The number of hydrogen-bond acceptors (Lipinski definition) is 4. The second-order valence-corrected chi connectivity index (χ2v) is 3.32. The molecule has 5 heteroatoms. The third kappa shape index (κ3) is 1.84. The van der Waals surface area contributed by atoms with Gasteiger partial charge in [-0.1, -0.05) is 12.1 Å². The zero-order valence-electron chi connectivity index (χ0n) is 8.30. The Morgan fingerprint density at radius 2 is 2.07 bits per heavy atom. The van der Waals surface area contributed by atoms with Crippen molar-refractivity contribution in [3.8, 4) is 0 Å². The van der Waals surface area contributed by atoms with Crippen LogP contribution in [0.4, 0.5) is 5.69 Å². The molecular formula is C10H11NO4. The molecule has 1 aromatic carbocycles. The molecule has 0 radical (unpaired) electrons. The number of nitro benzene ring substituents is 1. The van der Waals surface area contributed by atoms with E-state index in [0.717, 1.165) is 5.56 Å². The highest BCUT2D eigenvalue weighted by Crippen LogP contribution is 2.30. The van der Waals surface area contributed by atoms with E-state index in [2.05, 4.69) is 0 Å². The Balaban J connectivity index is 2.39. The van der Waals surface area contributed by atoms with Gasteiger partial charge in [0.1, 0.15) is 0 Å². The average Bonchev–Trinajstić information content (AvgIpc) is 2.70. The Labute approximate surface area is 86.8 Å². The van der Waals surface area contributed by atoms with Crippen LogP contribution in [-0.2, 0) is 9.47 Å². The molecular weight excluding hydrogens is 198 g/mol. The van der Waals surface area contributed by atoms with Gasteiger partial charge in [0.05, 0.1) is 18.1 Å². The Morgan fingerprint density at radius 1 is 1.40 bits per heavy atom. The summed E-state index contributed by atoms with van der Waals surface area (Å²) in [7, 11) is 0. The van der Waals surface area contributed by atoms with Crippen LogP contribution >= 0.6 is 0 Å². The summed E-state index contributed by atoms with van der Waals surface area (Å²) in [6.07, 6.45) is -0.454. The lowest BCUT2D eigenvalue weighted by atomic mass is 10.1. The SMILES string of the molecule is Cc1c(C2OCCO2)cccc1[N+](=O)[O-]. The number of rotatable bonds is 2. The molecule has 2 rings (SSSR count). The lowest BCUT2D eigenvalue weighted by Crippen LogP contribution is -2.03. The van der Waals surface area contributed by atoms with Crippen molar-refractivity contribution in [2.24, 2.45) is 0 Å². The minimum atomic E-state index is -0.454. The van der Waals surface area contributed by atoms with Crippen LogP contribution in [0.15, 0.2) is 18.2 Å². The van der Waals surface area contributed by atoms with Crippen molar-refractivity contribution in [2.75, 3.05) is 13.2 Å². The third-order valence-electron chi connectivity index (χ3n) is 2.42. The number of benzene rings is 1. The van der Waals surface area contributed by atoms with Gasteiger partial charge in [-0.3, -0.25) is 10.1 Å². The molecule has 0 N–H and O–H groups in total. The lowest BCUT2D eigenvalue weighted by molar-refractivity contribution is -0.385. The van der Waals surface area contributed by atoms with Gasteiger partial charge in [0.2, 0.25) is 0 Å². The highest BCUT2D eigenvalue weighted by Gasteiger charge is 2.23. The van der Waals surface area contributed by atoms with Gasteiger partial charge in [0, 0.05) is 17.2 Å². The fourth-order valence-electron chi connectivity index (χ4n) is 1.63. The Morgan fingerprint density at radius 3 is 2.67 bits per heavy atom. The first-order valence-corrected chi connectivity index (χ1v) is 4.67. The molecule has 0 saturated carbocycles. The summed E-state index contributed by atoms with van der Waals surface area (Å²) in [6.45, 7) is 2.78. The van der Waals surface area contributed by atoms with Crippen LogP contribution in [0.25, 0.3) is 0 Å². The van der Waals surface area contributed by atoms with Crippen LogP contribution in [0.1, 0.15) is 17.4 Å². The summed E-state index contributed by atoms with van der Waals surface area (Å²) < 4.78 is 10.6. The summed E-state index contributed by atoms with van der Waals surface area (Å²) in [6, 6.07) is 4.91. The molecule has 0 bridgehead atoms. The first-order valence-electron chi connectivity index (χ1n) is 4.67. The number of hydrogen-bond donors (Lipinski definition) is 0. The van der Waals surface area contributed by atoms with Gasteiger partial charge in [-0.15, -0.1) is 0 Å². The maximum absolute atomic E-state index is 10.7. The molecule has 1 fully saturated rings. The van der Waals surface area contributed by atoms with Crippen LogP contribution < -0.4 is 0 Å². The Kier molecular flexibility index (Phi) is 2.66. The van der Waals surface area contributed by atoms with Crippen LogP contribution in [0.2, 0.25) is 0 Å². The molecule has 0 atom stereocenters. The fraction of sp³-hybridized carbons (Fsp3) is 0.400. The molecule has 0 aromatic heterocycles. The Bertz CT molecular complexity index is 385. The van der Waals surface area contributed by atoms with Crippen molar-refractivity contribution in [3.05, 3.63) is 39.4 Å². The van der Waals surface area contributed by atoms with E-state index in [1.54, 1.807) is 19.1 Å². The predicted molar refractivity (Wildman–Crippen MR) is 52.5 cm³/mol. The van der Waals surface area contributed by atoms with E-state index >= 15 is 0 Å². The van der Waals surface area contributed by atoms with E-state index in [0.29, 0.717) is 18.8 Å². The smallest absolute Gasteiger partial charge is 0.272 e. The first kappa shape index (κ1) is 10.1. The maximum atomic E-state index is 10.7. The van der Waals surface area contributed by atoms with Crippen molar-refractivity contribution in [1.29, 1.82) is 0 Å². The van der Waals surface area contributed by atoms with Crippen molar-refractivity contribution in [1.82, 2.24) is 0 Å². The maximum Gasteiger partial charge on any atom is 0.272 e. The topological polar surface area (TPSA) is 61.6 Å². The van der Waals surface area contributed by atoms with E-state index in [-0.39, 0.29) is 5.69 Å². The molecule has 15 heavy (non-hydrogen) atoms. The van der Waals surface area contributed by atoms with Crippen LogP contribution in [0, 0.1) is 17.0 Å². The van der Waals surface area contributed by atoms with Crippen molar-refractivity contribution in [2.45, 2.75) is 13.2 Å². The molecule has 0 unspecified atom stereocenters. The minimum absolute atomic E-state index is 0.103. The monoisotopic (exact) mass is 209 g/mol. The number of nitro groups is 1. The van der Waals surface area contributed by atoms with Gasteiger partial charge < -0.3 is 9.47 Å². The molecule has 1 aliphatic rings. The predicted octanol–water partition coefficient (Wildman–Crippen LogP) is 1.95. The molecule has 0 amide bonds. The lowest BCUT2D eigenvalue weighted by Gasteiger charge is -2.11. The summed E-state index contributed by atoms with van der Waals surface area (Å²) in [5.74, 6) is 0. The zero-order valence-corrected chi connectivity index (χ0v) is 8.30. The van der Waals surface area contributed by atoms with Crippen LogP contribution in [0.3, 0.4) is 0 Å². The highest BCUT2D eigenvalue weighted by molar-refractivity contribution is 5.45. The average molecular weight is 209 g/mol. The quantitative estimate of drug-likeness (QED) is 0.551. The van der Waals surface area contributed by atoms with Gasteiger partial charge in [0.25, 0.3) is 5.69 Å². The van der Waals surface area contributed by atoms with E-state index in [4.69, 9.17) is 9.47 Å². The number of nitrogens with zero attached hydrogens (tertiary/aromatic N) is 1. The van der Waals surface area contributed by atoms with E-state index < -0.39 is 11.2 Å². The van der Waals surface area contributed by atoms with Crippen LogP contribution in [-0.4, -0.2) is 18.1 Å². The zero-order chi connectivity index (χ0) is 10.8. The fourth-order valence-corrected chi connectivity index (χ4v) is 1.63. The van der Waals surface area contributed by atoms with E-state index in [9.17, 15) is 10.1 Å². The summed E-state index contributed by atoms with van der Waals surface area (Å²) >= 11 is 0. The van der Waals surface area contributed by atoms with Gasteiger partial charge in [-0.25, -0.2) is 0 Å². The second-order valence-electron chi connectivity index (χ2n) is 3.32. The molecule has 5 nitrogen and oxygen atoms in total. The van der Waals surface area contributed by atoms with Gasteiger partial charge in [-0.05, 0) is 6.92 Å². The van der Waals surface area contributed by atoms with Crippen molar-refractivity contribution in [3.63, 3.8) is 0 Å². The normalized spacial score (nSPS) is 16.9. The van der Waals surface area contributed by atoms with Gasteiger partial charge in [0.15, 0.2) is 6.29 Å². The molecule has 80 valence electrons.